The smallest absolute Gasteiger partial charge is 0.253 e. The zero-order chi connectivity index (χ0) is 14.7. The normalized spacial score (nSPS) is 22.9. The van der Waals surface area contributed by atoms with Gasteiger partial charge in [0.25, 0.3) is 5.91 Å². The summed E-state index contributed by atoms with van der Waals surface area (Å²) in [4.78, 5) is 14.3. The van der Waals surface area contributed by atoms with Gasteiger partial charge in [-0.3, -0.25) is 4.79 Å². The Bertz CT molecular complexity index is 483. The van der Waals surface area contributed by atoms with E-state index in [4.69, 9.17) is 4.74 Å². The average Bonchev–Trinajstić information content (AvgIpc) is 2.39. The number of piperazine rings is 1. The van der Waals surface area contributed by atoms with E-state index in [1.54, 1.807) is 6.07 Å². The maximum atomic E-state index is 13.6. The van der Waals surface area contributed by atoms with Crippen LogP contribution in [0.25, 0.3) is 0 Å². The Morgan fingerprint density at radius 1 is 1.40 bits per heavy atom. The van der Waals surface area contributed by atoms with Gasteiger partial charge in [-0.05, 0) is 32.0 Å². The number of rotatable bonds is 3. The zero-order valence-electron chi connectivity index (χ0n) is 12.1. The molecule has 2 rings (SSSR count). The third-order valence-corrected chi connectivity index (χ3v) is 3.44. The van der Waals surface area contributed by atoms with Crippen LogP contribution in [-0.4, -0.2) is 43.1 Å². The van der Waals surface area contributed by atoms with Crippen LogP contribution in [-0.2, 0) is 11.3 Å². The van der Waals surface area contributed by atoms with Gasteiger partial charge in [0.15, 0.2) is 0 Å². The summed E-state index contributed by atoms with van der Waals surface area (Å²) in [5, 5.41) is 3.38. The Morgan fingerprint density at radius 2 is 2.05 bits per heavy atom. The van der Waals surface area contributed by atoms with Gasteiger partial charge in [-0.25, -0.2) is 4.39 Å². The summed E-state index contributed by atoms with van der Waals surface area (Å²) < 4.78 is 18.5. The van der Waals surface area contributed by atoms with Gasteiger partial charge in [-0.15, -0.1) is 0 Å². The number of hydrogen-bond acceptors (Lipinski definition) is 3. The van der Waals surface area contributed by atoms with Crippen LogP contribution in [0.3, 0.4) is 0 Å². The number of carbonyl (C=O) groups is 1. The van der Waals surface area contributed by atoms with E-state index in [1.807, 2.05) is 4.90 Å². The lowest BCUT2D eigenvalue weighted by molar-refractivity contribution is 0.0673. The Kier molecular flexibility index (Phi) is 4.73. The van der Waals surface area contributed by atoms with Crippen molar-refractivity contribution < 1.29 is 13.9 Å². The highest BCUT2D eigenvalue weighted by atomic mass is 19.1. The molecule has 110 valence electrons. The van der Waals surface area contributed by atoms with Crippen LogP contribution in [0.1, 0.15) is 29.8 Å². The third-order valence-electron chi connectivity index (χ3n) is 3.44. The highest BCUT2D eigenvalue weighted by molar-refractivity contribution is 5.94. The van der Waals surface area contributed by atoms with E-state index in [9.17, 15) is 9.18 Å². The third kappa shape index (κ3) is 3.35. The predicted molar refractivity (Wildman–Crippen MR) is 75.1 cm³/mol. The van der Waals surface area contributed by atoms with Gasteiger partial charge < -0.3 is 15.0 Å². The lowest BCUT2D eigenvalue weighted by Gasteiger charge is -2.36. The van der Waals surface area contributed by atoms with Gasteiger partial charge in [0, 0.05) is 43.4 Å². The van der Waals surface area contributed by atoms with Crippen LogP contribution in [0.15, 0.2) is 18.2 Å². The van der Waals surface area contributed by atoms with Crippen LogP contribution in [0, 0.1) is 5.82 Å². The van der Waals surface area contributed by atoms with Crippen molar-refractivity contribution in [3.63, 3.8) is 0 Å². The summed E-state index contributed by atoms with van der Waals surface area (Å²) >= 11 is 0. The number of nitrogens with one attached hydrogen (secondary N) is 1. The molecular formula is C15H21FN2O2. The minimum atomic E-state index is -0.342. The molecule has 0 spiro atoms. The number of benzene rings is 1. The van der Waals surface area contributed by atoms with Gasteiger partial charge in [0.2, 0.25) is 0 Å². The molecule has 1 aromatic carbocycles. The first-order valence-corrected chi connectivity index (χ1v) is 6.84. The van der Waals surface area contributed by atoms with Crippen molar-refractivity contribution in [3.05, 3.63) is 35.1 Å². The Balaban J connectivity index is 2.18. The van der Waals surface area contributed by atoms with Gasteiger partial charge in [0.1, 0.15) is 5.82 Å². The lowest BCUT2D eigenvalue weighted by Crippen LogP contribution is -2.55. The number of nitrogens with zero attached hydrogens (tertiary/aromatic N) is 1. The summed E-state index contributed by atoms with van der Waals surface area (Å²) in [6.07, 6.45) is 0. The van der Waals surface area contributed by atoms with Crippen LogP contribution in [0.2, 0.25) is 0 Å². The minimum Gasteiger partial charge on any atom is -0.380 e. The zero-order valence-corrected chi connectivity index (χ0v) is 12.1. The van der Waals surface area contributed by atoms with Crippen molar-refractivity contribution in [2.75, 3.05) is 20.2 Å². The van der Waals surface area contributed by atoms with Crippen LogP contribution in [0.4, 0.5) is 4.39 Å². The van der Waals surface area contributed by atoms with E-state index in [0.717, 1.165) is 0 Å². The number of methoxy groups -OCH3 is 1. The molecule has 0 saturated carbocycles. The monoisotopic (exact) mass is 280 g/mol. The summed E-state index contributed by atoms with van der Waals surface area (Å²) in [5.74, 6) is -0.395. The van der Waals surface area contributed by atoms with Crippen LogP contribution in [0.5, 0.6) is 0 Å². The van der Waals surface area contributed by atoms with E-state index in [2.05, 4.69) is 19.2 Å². The standard InChI is InChI=1S/C15H21FN2O2/c1-10-7-18(8-11(2)17-10)15(19)12-4-5-14(16)13(6-12)9-20-3/h4-6,10-11,17H,7-9H2,1-3H3/t10-,11+. The number of hydrogen-bond donors (Lipinski definition) is 1. The Morgan fingerprint density at radius 3 is 2.65 bits per heavy atom. The predicted octanol–water partition coefficient (Wildman–Crippen LogP) is 1.79. The van der Waals surface area contributed by atoms with Crippen molar-refractivity contribution >= 4 is 5.91 Å². The van der Waals surface area contributed by atoms with Gasteiger partial charge in [0.05, 0.1) is 6.61 Å². The van der Waals surface area contributed by atoms with Gasteiger partial charge in [-0.2, -0.15) is 0 Å². The second kappa shape index (κ2) is 6.33. The van der Waals surface area contributed by atoms with E-state index in [-0.39, 0.29) is 30.4 Å². The molecule has 0 aromatic heterocycles. The minimum absolute atomic E-state index is 0.0532. The summed E-state index contributed by atoms with van der Waals surface area (Å²) in [6.45, 7) is 5.61. The summed E-state index contributed by atoms with van der Waals surface area (Å²) in [6, 6.07) is 4.98. The molecule has 1 aliphatic rings. The number of amides is 1. The molecule has 5 heteroatoms. The van der Waals surface area contributed by atoms with Crippen LogP contribution >= 0.6 is 0 Å². The summed E-state index contributed by atoms with van der Waals surface area (Å²) in [5.41, 5.74) is 0.925. The fourth-order valence-electron chi connectivity index (χ4n) is 2.65. The first kappa shape index (κ1) is 14.9. The number of halogens is 1. The molecule has 1 amide bonds. The largest absolute Gasteiger partial charge is 0.380 e. The lowest BCUT2D eigenvalue weighted by atomic mass is 10.1. The van der Waals surface area contributed by atoms with Crippen molar-refractivity contribution in [1.82, 2.24) is 10.2 Å². The molecule has 1 aromatic rings. The fourth-order valence-corrected chi connectivity index (χ4v) is 2.65. The topological polar surface area (TPSA) is 41.6 Å². The molecule has 1 saturated heterocycles. The van der Waals surface area contributed by atoms with E-state index in [1.165, 1.54) is 19.2 Å². The van der Waals surface area contributed by atoms with Crippen molar-refractivity contribution in [2.45, 2.75) is 32.5 Å². The highest BCUT2D eigenvalue weighted by Crippen LogP contribution is 2.15. The fraction of sp³-hybridized carbons (Fsp3) is 0.533. The van der Waals surface area contributed by atoms with Gasteiger partial charge in [-0.1, -0.05) is 0 Å². The highest BCUT2D eigenvalue weighted by Gasteiger charge is 2.25. The first-order chi connectivity index (χ1) is 9.51. The molecule has 2 atom stereocenters. The molecule has 0 aliphatic carbocycles. The van der Waals surface area contributed by atoms with Crippen molar-refractivity contribution in [3.8, 4) is 0 Å². The molecule has 20 heavy (non-hydrogen) atoms. The molecule has 1 fully saturated rings. The molecule has 1 aliphatic heterocycles. The van der Waals surface area contributed by atoms with Crippen molar-refractivity contribution in [2.24, 2.45) is 0 Å². The average molecular weight is 280 g/mol. The van der Waals surface area contributed by atoms with Crippen molar-refractivity contribution in [1.29, 1.82) is 0 Å². The van der Waals surface area contributed by atoms with E-state index in [0.29, 0.717) is 24.2 Å². The Hall–Kier alpha value is -1.46. The molecular weight excluding hydrogens is 259 g/mol. The molecule has 1 heterocycles. The van der Waals surface area contributed by atoms with E-state index >= 15 is 0 Å². The summed E-state index contributed by atoms with van der Waals surface area (Å²) in [7, 11) is 1.51. The second-order valence-corrected chi connectivity index (χ2v) is 5.42. The molecule has 0 radical (unpaired) electrons. The second-order valence-electron chi connectivity index (χ2n) is 5.42. The van der Waals surface area contributed by atoms with E-state index < -0.39 is 0 Å². The maximum Gasteiger partial charge on any atom is 0.253 e. The first-order valence-electron chi connectivity index (χ1n) is 6.84. The molecule has 1 N–H and O–H groups in total. The quantitative estimate of drug-likeness (QED) is 0.918. The van der Waals surface area contributed by atoms with Crippen LogP contribution < -0.4 is 5.32 Å². The Labute approximate surface area is 118 Å². The number of ether oxygens (including phenoxy) is 1. The molecule has 0 unspecified atom stereocenters. The number of carbonyl (C=O) groups excluding carboxylic acids is 1. The maximum absolute atomic E-state index is 13.6. The molecule has 4 nitrogen and oxygen atoms in total. The van der Waals surface area contributed by atoms with Gasteiger partial charge >= 0.3 is 0 Å². The molecule has 0 bridgehead atoms. The SMILES string of the molecule is COCc1cc(C(=O)N2C[C@@H](C)N[C@@H](C)C2)ccc1F.